The second-order valence-corrected chi connectivity index (χ2v) is 6.96. The number of carbonyl (C=O) groups is 2. The fourth-order valence-corrected chi connectivity index (χ4v) is 3.03. The van der Waals surface area contributed by atoms with Crippen molar-refractivity contribution >= 4 is 23.5 Å². The molecule has 7 heteroatoms. The van der Waals surface area contributed by atoms with Crippen molar-refractivity contribution in [1.29, 1.82) is 0 Å². The van der Waals surface area contributed by atoms with E-state index in [1.54, 1.807) is 24.0 Å². The number of amides is 1. The van der Waals surface area contributed by atoms with Crippen LogP contribution in [0.4, 0.5) is 0 Å². The summed E-state index contributed by atoms with van der Waals surface area (Å²) in [6, 6.07) is 7.26. The molecule has 0 saturated carbocycles. The summed E-state index contributed by atoms with van der Waals surface area (Å²) >= 11 is 5.90. The quantitative estimate of drug-likeness (QED) is 0.642. The molecule has 1 aliphatic heterocycles. The number of hydrogen-bond acceptors (Lipinski definition) is 5. The maximum atomic E-state index is 12.8. The summed E-state index contributed by atoms with van der Waals surface area (Å²) in [6.45, 7) is 6.65. The Kier molecular flexibility index (Phi) is 8.35. The van der Waals surface area contributed by atoms with Gasteiger partial charge in [0.2, 0.25) is 5.91 Å². The zero-order valence-electron chi connectivity index (χ0n) is 15.4. The molecule has 1 atom stereocenters. The van der Waals surface area contributed by atoms with E-state index in [2.05, 4.69) is 4.90 Å². The molecule has 1 unspecified atom stereocenters. The van der Waals surface area contributed by atoms with Gasteiger partial charge in [-0.3, -0.25) is 14.5 Å². The number of ether oxygens (including phenoxy) is 2. The standard InChI is InChI=1S/C19H27ClN2O4/c1-15(19(24)25-2)14-22(8-7-21-9-11-26-12-10-21)18(23)13-16-3-5-17(20)6-4-16/h3-6,15H,7-14H2,1-2H3. The van der Waals surface area contributed by atoms with E-state index in [4.69, 9.17) is 21.1 Å². The molecule has 0 N–H and O–H groups in total. The molecular formula is C19H27ClN2O4. The van der Waals surface area contributed by atoms with E-state index in [1.807, 2.05) is 12.1 Å². The van der Waals surface area contributed by atoms with E-state index in [9.17, 15) is 9.59 Å². The van der Waals surface area contributed by atoms with Gasteiger partial charge in [0.1, 0.15) is 0 Å². The number of benzene rings is 1. The number of rotatable bonds is 8. The van der Waals surface area contributed by atoms with Crippen molar-refractivity contribution in [2.45, 2.75) is 13.3 Å². The van der Waals surface area contributed by atoms with Crippen LogP contribution < -0.4 is 0 Å². The number of methoxy groups -OCH3 is 1. The lowest BCUT2D eigenvalue weighted by atomic mass is 10.1. The van der Waals surface area contributed by atoms with E-state index in [0.717, 1.165) is 38.4 Å². The van der Waals surface area contributed by atoms with Crippen LogP contribution >= 0.6 is 11.6 Å². The Bertz CT molecular complexity index is 588. The average Bonchev–Trinajstić information content (AvgIpc) is 2.66. The van der Waals surface area contributed by atoms with Crippen molar-refractivity contribution in [3.63, 3.8) is 0 Å². The summed E-state index contributed by atoms with van der Waals surface area (Å²) in [5.74, 6) is -0.671. The first kappa shape index (κ1) is 20.7. The second kappa shape index (κ2) is 10.5. The summed E-state index contributed by atoms with van der Waals surface area (Å²) < 4.78 is 10.2. The number of morpholine rings is 1. The first-order chi connectivity index (χ1) is 12.5. The van der Waals surface area contributed by atoms with Crippen LogP contribution in [0.25, 0.3) is 0 Å². The summed E-state index contributed by atoms with van der Waals surface area (Å²) in [6.07, 6.45) is 0.286. The maximum absolute atomic E-state index is 12.8. The van der Waals surface area contributed by atoms with Gasteiger partial charge in [-0.1, -0.05) is 30.7 Å². The molecule has 0 bridgehead atoms. The highest BCUT2D eigenvalue weighted by atomic mass is 35.5. The summed E-state index contributed by atoms with van der Waals surface area (Å²) in [5, 5.41) is 0.643. The minimum Gasteiger partial charge on any atom is -0.469 e. The normalized spacial score (nSPS) is 16.1. The van der Waals surface area contributed by atoms with Crippen molar-refractivity contribution in [3.8, 4) is 0 Å². The van der Waals surface area contributed by atoms with Crippen molar-refractivity contribution in [2.75, 3.05) is 53.0 Å². The third-order valence-corrected chi connectivity index (χ3v) is 4.76. The number of nitrogens with zero attached hydrogens (tertiary/aromatic N) is 2. The number of carbonyl (C=O) groups excluding carboxylic acids is 2. The molecule has 0 aliphatic carbocycles. The smallest absolute Gasteiger partial charge is 0.310 e. The summed E-state index contributed by atoms with van der Waals surface area (Å²) in [7, 11) is 1.37. The van der Waals surface area contributed by atoms with Crippen LogP contribution in [0.2, 0.25) is 5.02 Å². The fraction of sp³-hybridized carbons (Fsp3) is 0.579. The highest BCUT2D eigenvalue weighted by molar-refractivity contribution is 6.30. The molecule has 1 heterocycles. The van der Waals surface area contributed by atoms with Gasteiger partial charge < -0.3 is 14.4 Å². The predicted molar refractivity (Wildman–Crippen MR) is 100 cm³/mol. The van der Waals surface area contributed by atoms with Gasteiger partial charge in [-0.05, 0) is 17.7 Å². The Hall–Kier alpha value is -1.63. The summed E-state index contributed by atoms with van der Waals surface area (Å²) in [5.41, 5.74) is 0.904. The molecule has 144 valence electrons. The van der Waals surface area contributed by atoms with E-state index in [-0.39, 0.29) is 24.2 Å². The zero-order valence-corrected chi connectivity index (χ0v) is 16.2. The molecule has 1 aromatic carbocycles. The Labute approximate surface area is 160 Å². The molecule has 26 heavy (non-hydrogen) atoms. The Balaban J connectivity index is 1.98. The van der Waals surface area contributed by atoms with E-state index in [1.165, 1.54) is 7.11 Å². The highest BCUT2D eigenvalue weighted by Crippen LogP contribution is 2.12. The molecular weight excluding hydrogens is 356 g/mol. The van der Waals surface area contributed by atoms with Crippen molar-refractivity contribution in [1.82, 2.24) is 9.80 Å². The van der Waals surface area contributed by atoms with Gasteiger partial charge in [-0.25, -0.2) is 0 Å². The van der Waals surface area contributed by atoms with Crippen LogP contribution in [-0.2, 0) is 25.5 Å². The van der Waals surface area contributed by atoms with E-state index >= 15 is 0 Å². The molecule has 2 rings (SSSR count). The van der Waals surface area contributed by atoms with Crippen LogP contribution in [0.15, 0.2) is 24.3 Å². The molecule has 6 nitrogen and oxygen atoms in total. The molecule has 1 amide bonds. The van der Waals surface area contributed by atoms with Crippen LogP contribution in [-0.4, -0.2) is 74.7 Å². The summed E-state index contributed by atoms with van der Waals surface area (Å²) in [4.78, 5) is 28.6. The molecule has 1 aromatic rings. The number of hydrogen-bond donors (Lipinski definition) is 0. The van der Waals surface area contributed by atoms with Crippen molar-refractivity contribution < 1.29 is 19.1 Å². The van der Waals surface area contributed by atoms with Gasteiger partial charge in [-0.15, -0.1) is 0 Å². The molecule has 1 fully saturated rings. The fourth-order valence-electron chi connectivity index (χ4n) is 2.90. The number of esters is 1. The molecule has 0 aromatic heterocycles. The monoisotopic (exact) mass is 382 g/mol. The largest absolute Gasteiger partial charge is 0.469 e. The van der Waals surface area contributed by atoms with Crippen molar-refractivity contribution in [2.24, 2.45) is 5.92 Å². The first-order valence-electron chi connectivity index (χ1n) is 8.89. The van der Waals surface area contributed by atoms with Gasteiger partial charge in [0.15, 0.2) is 0 Å². The topological polar surface area (TPSA) is 59.1 Å². The average molecular weight is 383 g/mol. The SMILES string of the molecule is COC(=O)C(C)CN(CCN1CCOCC1)C(=O)Cc1ccc(Cl)cc1. The van der Waals surface area contributed by atoms with Gasteiger partial charge >= 0.3 is 5.97 Å². The van der Waals surface area contributed by atoms with Gasteiger partial charge in [0.25, 0.3) is 0 Å². The number of halogens is 1. The van der Waals surface area contributed by atoms with Gasteiger partial charge in [0, 0.05) is 37.7 Å². The second-order valence-electron chi connectivity index (χ2n) is 6.52. The molecule has 1 saturated heterocycles. The highest BCUT2D eigenvalue weighted by Gasteiger charge is 2.22. The van der Waals surface area contributed by atoms with Crippen molar-refractivity contribution in [3.05, 3.63) is 34.9 Å². The lowest BCUT2D eigenvalue weighted by Gasteiger charge is -2.31. The predicted octanol–water partition coefficient (Wildman–Crippen LogP) is 1.85. The van der Waals surface area contributed by atoms with Crippen LogP contribution in [0.5, 0.6) is 0 Å². The van der Waals surface area contributed by atoms with Crippen LogP contribution in [0, 0.1) is 5.92 Å². The Morgan fingerprint density at radius 3 is 2.54 bits per heavy atom. The minimum absolute atomic E-state index is 0.00339. The third-order valence-electron chi connectivity index (χ3n) is 4.51. The van der Waals surface area contributed by atoms with Crippen LogP contribution in [0.1, 0.15) is 12.5 Å². The molecule has 0 radical (unpaired) electrons. The van der Waals surface area contributed by atoms with E-state index < -0.39 is 0 Å². The Morgan fingerprint density at radius 2 is 1.92 bits per heavy atom. The maximum Gasteiger partial charge on any atom is 0.310 e. The van der Waals surface area contributed by atoms with Gasteiger partial charge in [0.05, 0.1) is 32.7 Å². The minimum atomic E-state index is -0.362. The van der Waals surface area contributed by atoms with Crippen LogP contribution in [0.3, 0.4) is 0 Å². The molecule has 1 aliphatic rings. The lowest BCUT2D eigenvalue weighted by Crippen LogP contribution is -2.45. The zero-order chi connectivity index (χ0) is 18.9. The van der Waals surface area contributed by atoms with Gasteiger partial charge in [-0.2, -0.15) is 0 Å². The third kappa shape index (κ3) is 6.59. The van der Waals surface area contributed by atoms with E-state index in [0.29, 0.717) is 18.1 Å². The first-order valence-corrected chi connectivity index (χ1v) is 9.27. The molecule has 0 spiro atoms. The Morgan fingerprint density at radius 1 is 1.27 bits per heavy atom. The lowest BCUT2D eigenvalue weighted by molar-refractivity contribution is -0.146.